The van der Waals surface area contributed by atoms with Crippen LogP contribution < -0.4 is 5.32 Å². The van der Waals surface area contributed by atoms with E-state index in [0.29, 0.717) is 24.3 Å². The van der Waals surface area contributed by atoms with Crippen LogP contribution in [0.1, 0.15) is 45.6 Å². The first-order chi connectivity index (χ1) is 10.0. The molecule has 1 fully saturated rings. The minimum absolute atomic E-state index is 0.153. The van der Waals surface area contributed by atoms with Crippen LogP contribution in [0.3, 0.4) is 0 Å². The average molecular weight is 291 g/mol. The number of benzene rings is 1. The lowest BCUT2D eigenvalue weighted by Crippen LogP contribution is -2.42. The zero-order valence-corrected chi connectivity index (χ0v) is 13.1. The molecule has 2 rings (SSSR count). The Bertz CT molecular complexity index is 494. The summed E-state index contributed by atoms with van der Waals surface area (Å²) in [6.45, 7) is 8.03. The van der Waals surface area contributed by atoms with Crippen molar-refractivity contribution in [1.29, 1.82) is 0 Å². The fraction of sp³-hybridized carbons (Fsp3) is 0.625. The molecule has 0 bridgehead atoms. The van der Waals surface area contributed by atoms with Crippen molar-refractivity contribution in [3.05, 3.63) is 33.9 Å². The van der Waals surface area contributed by atoms with Gasteiger partial charge in [-0.2, -0.15) is 0 Å². The molecule has 0 radical (unpaired) electrons. The number of likely N-dealkylation sites (tertiary alicyclic amines) is 1. The molecular weight excluding hydrogens is 266 g/mol. The number of anilines is 1. The molecule has 1 aromatic rings. The van der Waals surface area contributed by atoms with E-state index in [4.69, 9.17) is 0 Å². The van der Waals surface area contributed by atoms with Crippen LogP contribution in [0.2, 0.25) is 0 Å². The summed E-state index contributed by atoms with van der Waals surface area (Å²) < 4.78 is 0. The molecule has 5 nitrogen and oxygen atoms in total. The average Bonchev–Trinajstić information content (AvgIpc) is 2.43. The van der Waals surface area contributed by atoms with Gasteiger partial charge < -0.3 is 5.32 Å². The molecule has 1 saturated heterocycles. The second-order valence-corrected chi connectivity index (χ2v) is 5.94. The summed E-state index contributed by atoms with van der Waals surface area (Å²) in [4.78, 5) is 13.2. The lowest BCUT2D eigenvalue weighted by atomic mass is 9.96. The zero-order valence-electron chi connectivity index (χ0n) is 13.1. The number of nitrogens with one attached hydrogen (secondary N) is 1. The van der Waals surface area contributed by atoms with Crippen LogP contribution in [-0.4, -0.2) is 28.5 Å². The smallest absolute Gasteiger partial charge is 0.292 e. The molecule has 2 unspecified atom stereocenters. The summed E-state index contributed by atoms with van der Waals surface area (Å²) in [5.74, 6) is 0. The lowest BCUT2D eigenvalue weighted by Gasteiger charge is -2.39. The number of hydrogen-bond acceptors (Lipinski definition) is 4. The van der Waals surface area contributed by atoms with Gasteiger partial charge in [-0.25, -0.2) is 0 Å². The number of piperidine rings is 1. The highest BCUT2D eigenvalue weighted by atomic mass is 16.6. The van der Waals surface area contributed by atoms with Gasteiger partial charge in [-0.1, -0.05) is 12.5 Å². The maximum absolute atomic E-state index is 11.1. The lowest BCUT2D eigenvalue weighted by molar-refractivity contribution is -0.384. The minimum atomic E-state index is -0.325. The molecule has 1 aromatic carbocycles. The Morgan fingerprint density at radius 3 is 2.57 bits per heavy atom. The van der Waals surface area contributed by atoms with Crippen molar-refractivity contribution in [2.45, 2.75) is 58.7 Å². The topological polar surface area (TPSA) is 58.4 Å². The Balaban J connectivity index is 2.20. The molecular formula is C16H25N3O2. The highest BCUT2D eigenvalue weighted by Crippen LogP contribution is 2.29. The second kappa shape index (κ2) is 6.89. The van der Waals surface area contributed by atoms with Crippen molar-refractivity contribution in [3.63, 3.8) is 0 Å². The Morgan fingerprint density at radius 1 is 1.33 bits per heavy atom. The van der Waals surface area contributed by atoms with Crippen LogP contribution >= 0.6 is 0 Å². The molecule has 1 aliphatic heterocycles. The minimum Gasteiger partial charge on any atom is -0.380 e. The van der Waals surface area contributed by atoms with Gasteiger partial charge in [-0.15, -0.1) is 0 Å². The van der Waals surface area contributed by atoms with E-state index in [9.17, 15) is 10.1 Å². The molecule has 21 heavy (non-hydrogen) atoms. The summed E-state index contributed by atoms with van der Waals surface area (Å²) in [6, 6.07) is 6.58. The van der Waals surface area contributed by atoms with E-state index in [1.807, 2.05) is 19.1 Å². The van der Waals surface area contributed by atoms with Gasteiger partial charge in [0.15, 0.2) is 0 Å². The fourth-order valence-corrected chi connectivity index (χ4v) is 3.17. The summed E-state index contributed by atoms with van der Waals surface area (Å²) in [5.41, 5.74) is 1.91. The Labute approximate surface area is 126 Å². The number of nitrogens with zero attached hydrogens (tertiary/aromatic N) is 2. The van der Waals surface area contributed by atoms with E-state index in [1.165, 1.54) is 19.3 Å². The first-order valence-corrected chi connectivity index (χ1v) is 7.79. The van der Waals surface area contributed by atoms with Crippen LogP contribution in [0.5, 0.6) is 0 Å². The van der Waals surface area contributed by atoms with Crippen LogP contribution in [0, 0.1) is 10.1 Å². The normalized spacial score (nSPS) is 23.0. The van der Waals surface area contributed by atoms with Crippen LogP contribution in [0.4, 0.5) is 11.4 Å². The predicted molar refractivity (Wildman–Crippen MR) is 85.6 cm³/mol. The maximum atomic E-state index is 11.1. The first kappa shape index (κ1) is 15.8. The third-order valence-corrected chi connectivity index (χ3v) is 4.37. The first-order valence-electron chi connectivity index (χ1n) is 7.79. The van der Waals surface area contributed by atoms with Crippen LogP contribution in [-0.2, 0) is 6.54 Å². The quantitative estimate of drug-likeness (QED) is 0.662. The van der Waals surface area contributed by atoms with Gasteiger partial charge in [0, 0.05) is 31.2 Å². The summed E-state index contributed by atoms with van der Waals surface area (Å²) >= 11 is 0. The molecule has 0 spiro atoms. The van der Waals surface area contributed by atoms with E-state index >= 15 is 0 Å². The van der Waals surface area contributed by atoms with Crippen molar-refractivity contribution in [2.75, 3.05) is 11.9 Å². The fourth-order valence-electron chi connectivity index (χ4n) is 3.17. The molecule has 5 heteroatoms. The van der Waals surface area contributed by atoms with Crippen LogP contribution in [0.15, 0.2) is 18.2 Å². The Kier molecular flexibility index (Phi) is 5.17. The molecule has 1 aliphatic rings. The second-order valence-electron chi connectivity index (χ2n) is 5.94. The van der Waals surface area contributed by atoms with Crippen molar-refractivity contribution < 1.29 is 4.92 Å². The van der Waals surface area contributed by atoms with Crippen LogP contribution in [0.25, 0.3) is 0 Å². The van der Waals surface area contributed by atoms with E-state index in [0.717, 1.165) is 12.1 Å². The monoisotopic (exact) mass is 291 g/mol. The molecule has 116 valence electrons. The third kappa shape index (κ3) is 3.73. The number of nitro benzene ring substituents is 1. The van der Waals surface area contributed by atoms with Gasteiger partial charge in [-0.05, 0) is 45.2 Å². The molecule has 0 aliphatic carbocycles. The van der Waals surface area contributed by atoms with Gasteiger partial charge in [0.2, 0.25) is 0 Å². The van der Waals surface area contributed by atoms with Gasteiger partial charge in [-0.3, -0.25) is 15.0 Å². The number of nitro groups is 1. The summed E-state index contributed by atoms with van der Waals surface area (Å²) in [6.07, 6.45) is 3.76. The molecule has 0 saturated carbocycles. The van der Waals surface area contributed by atoms with Crippen molar-refractivity contribution in [2.24, 2.45) is 0 Å². The summed E-state index contributed by atoms with van der Waals surface area (Å²) in [5, 5.41) is 14.2. The maximum Gasteiger partial charge on any atom is 0.292 e. The van der Waals surface area contributed by atoms with E-state index in [1.54, 1.807) is 6.07 Å². The number of hydrogen-bond donors (Lipinski definition) is 1. The highest BCUT2D eigenvalue weighted by molar-refractivity contribution is 5.62. The van der Waals surface area contributed by atoms with Gasteiger partial charge in [0.05, 0.1) is 4.92 Å². The largest absolute Gasteiger partial charge is 0.380 e. The molecule has 1 N–H and O–H groups in total. The van der Waals surface area contributed by atoms with Gasteiger partial charge in [0.1, 0.15) is 5.69 Å². The Morgan fingerprint density at radius 2 is 2.00 bits per heavy atom. The molecule has 0 amide bonds. The third-order valence-electron chi connectivity index (χ3n) is 4.37. The standard InChI is InChI=1S/C16H25N3O2/c1-4-17-15-10-14(8-9-16(15)19(20)21)11-18-12(2)6-5-7-13(18)3/h8-10,12-13,17H,4-7,11H2,1-3H3. The van der Waals surface area contributed by atoms with E-state index in [-0.39, 0.29) is 10.6 Å². The zero-order chi connectivity index (χ0) is 15.4. The molecule has 0 aromatic heterocycles. The Hall–Kier alpha value is -1.62. The van der Waals surface area contributed by atoms with Crippen molar-refractivity contribution in [1.82, 2.24) is 4.90 Å². The molecule has 2 atom stereocenters. The summed E-state index contributed by atoms with van der Waals surface area (Å²) in [7, 11) is 0. The number of rotatable bonds is 5. The van der Waals surface area contributed by atoms with Crippen molar-refractivity contribution in [3.8, 4) is 0 Å². The highest BCUT2D eigenvalue weighted by Gasteiger charge is 2.25. The molecule has 1 heterocycles. The SMILES string of the molecule is CCNc1cc(CN2C(C)CCCC2C)ccc1[N+](=O)[O-]. The van der Waals surface area contributed by atoms with Gasteiger partial charge >= 0.3 is 0 Å². The van der Waals surface area contributed by atoms with Crippen molar-refractivity contribution >= 4 is 11.4 Å². The van der Waals surface area contributed by atoms with E-state index in [2.05, 4.69) is 24.1 Å². The van der Waals surface area contributed by atoms with E-state index < -0.39 is 0 Å². The predicted octanol–water partition coefficient (Wildman–Crippen LogP) is 3.79. The van der Waals surface area contributed by atoms with Gasteiger partial charge in [0.25, 0.3) is 5.69 Å².